The molecule has 23 heavy (non-hydrogen) atoms. The number of nitrogens with one attached hydrogen (secondary N) is 1. The molecule has 2 aromatic carbocycles. The fraction of sp³-hybridized carbons (Fsp3) is 0.176. The summed E-state index contributed by atoms with van der Waals surface area (Å²) < 4.78 is 5.05. The molecule has 0 fully saturated rings. The zero-order valence-corrected chi connectivity index (χ0v) is 13.6. The minimum absolute atomic E-state index is 0.0481. The maximum absolute atomic E-state index is 12.3. The third kappa shape index (κ3) is 4.72. The molecule has 0 aliphatic rings. The third-order valence-electron chi connectivity index (χ3n) is 3.19. The van der Waals surface area contributed by atoms with Gasteiger partial charge in [-0.15, -0.1) is 0 Å². The molecule has 6 heteroatoms. The Bertz CT molecular complexity index is 684. The highest BCUT2D eigenvalue weighted by molar-refractivity contribution is 6.30. The Hall–Kier alpha value is -2.53. The predicted molar refractivity (Wildman–Crippen MR) is 90.0 cm³/mol. The van der Waals surface area contributed by atoms with E-state index < -0.39 is 0 Å². The first-order valence-electron chi connectivity index (χ1n) is 6.94. The molecule has 0 radical (unpaired) electrons. The normalized spacial score (nSPS) is 10.0. The molecule has 0 spiro atoms. The Morgan fingerprint density at radius 2 is 1.70 bits per heavy atom. The second-order valence-corrected chi connectivity index (χ2v) is 5.38. The van der Waals surface area contributed by atoms with Gasteiger partial charge in [0.2, 0.25) is 5.91 Å². The van der Waals surface area contributed by atoms with E-state index in [2.05, 4.69) is 5.32 Å². The number of hydrogen-bond donors (Lipinski definition) is 1. The minimum Gasteiger partial charge on any atom is -0.497 e. The van der Waals surface area contributed by atoms with Crippen molar-refractivity contribution in [2.75, 3.05) is 26.0 Å². The lowest BCUT2D eigenvalue weighted by Crippen LogP contribution is -2.34. The fourth-order valence-electron chi connectivity index (χ4n) is 1.97. The van der Waals surface area contributed by atoms with Crippen molar-refractivity contribution in [1.82, 2.24) is 4.90 Å². The molecule has 0 saturated heterocycles. The first kappa shape index (κ1) is 16.8. The van der Waals surface area contributed by atoms with Crippen molar-refractivity contribution in [3.8, 4) is 5.75 Å². The van der Waals surface area contributed by atoms with E-state index in [0.717, 1.165) is 0 Å². The molecule has 5 nitrogen and oxygen atoms in total. The highest BCUT2D eigenvalue weighted by Gasteiger charge is 2.15. The third-order valence-corrected chi connectivity index (χ3v) is 3.44. The van der Waals surface area contributed by atoms with E-state index in [1.807, 2.05) is 0 Å². The highest BCUT2D eigenvalue weighted by atomic mass is 35.5. The molecule has 0 aliphatic carbocycles. The van der Waals surface area contributed by atoms with Crippen LogP contribution in [0.15, 0.2) is 48.5 Å². The van der Waals surface area contributed by atoms with Crippen LogP contribution in [0, 0.1) is 0 Å². The highest BCUT2D eigenvalue weighted by Crippen LogP contribution is 2.14. The van der Waals surface area contributed by atoms with E-state index in [1.165, 1.54) is 4.90 Å². The molecule has 0 aliphatic heterocycles. The Morgan fingerprint density at radius 3 is 2.26 bits per heavy atom. The Labute approximate surface area is 139 Å². The van der Waals surface area contributed by atoms with Gasteiger partial charge in [0.15, 0.2) is 0 Å². The van der Waals surface area contributed by atoms with Crippen LogP contribution in [0.2, 0.25) is 5.02 Å². The van der Waals surface area contributed by atoms with Crippen LogP contribution in [0.25, 0.3) is 0 Å². The quantitative estimate of drug-likeness (QED) is 0.915. The van der Waals surface area contributed by atoms with Crippen LogP contribution in [0.3, 0.4) is 0 Å². The van der Waals surface area contributed by atoms with Gasteiger partial charge in [-0.05, 0) is 48.5 Å². The summed E-state index contributed by atoms with van der Waals surface area (Å²) in [5.74, 6) is 0.153. The van der Waals surface area contributed by atoms with Gasteiger partial charge in [-0.25, -0.2) is 0 Å². The van der Waals surface area contributed by atoms with Crippen molar-refractivity contribution in [1.29, 1.82) is 0 Å². The number of ether oxygens (including phenoxy) is 1. The van der Waals surface area contributed by atoms with Crippen LogP contribution in [0.5, 0.6) is 5.75 Å². The Kier molecular flexibility index (Phi) is 5.60. The van der Waals surface area contributed by atoms with Crippen molar-refractivity contribution >= 4 is 29.1 Å². The van der Waals surface area contributed by atoms with Crippen LogP contribution in [0.4, 0.5) is 5.69 Å². The zero-order valence-electron chi connectivity index (χ0n) is 12.9. The monoisotopic (exact) mass is 332 g/mol. The number of benzene rings is 2. The largest absolute Gasteiger partial charge is 0.497 e. The SMILES string of the molecule is COc1ccc(C(=O)N(C)CC(=O)Nc2ccc(Cl)cc2)cc1. The van der Waals surface area contributed by atoms with Gasteiger partial charge < -0.3 is 15.0 Å². The van der Waals surface area contributed by atoms with Crippen molar-refractivity contribution < 1.29 is 14.3 Å². The summed E-state index contributed by atoms with van der Waals surface area (Å²) in [6, 6.07) is 13.5. The Morgan fingerprint density at radius 1 is 1.09 bits per heavy atom. The molecule has 2 amide bonds. The summed E-state index contributed by atoms with van der Waals surface area (Å²) >= 11 is 5.79. The Balaban J connectivity index is 1.94. The van der Waals surface area contributed by atoms with Crippen molar-refractivity contribution in [3.05, 3.63) is 59.1 Å². The summed E-state index contributed by atoms with van der Waals surface area (Å²) in [5.41, 5.74) is 1.12. The number of rotatable bonds is 5. The molecule has 0 saturated carbocycles. The number of anilines is 1. The van der Waals surface area contributed by atoms with Crippen LogP contribution in [-0.2, 0) is 4.79 Å². The molecular formula is C17H17ClN2O3. The van der Waals surface area contributed by atoms with Gasteiger partial charge in [-0.3, -0.25) is 9.59 Å². The molecule has 0 aromatic heterocycles. The minimum atomic E-state index is -0.281. The maximum atomic E-state index is 12.3. The number of amides is 2. The molecule has 0 bridgehead atoms. The number of methoxy groups -OCH3 is 1. The molecule has 2 rings (SSSR count). The van der Waals surface area contributed by atoms with Gasteiger partial charge in [0.25, 0.3) is 5.91 Å². The van der Waals surface area contributed by atoms with Crippen LogP contribution < -0.4 is 10.1 Å². The average Bonchev–Trinajstić information content (AvgIpc) is 2.56. The topological polar surface area (TPSA) is 58.6 Å². The molecule has 120 valence electrons. The van der Waals surface area contributed by atoms with E-state index in [0.29, 0.717) is 22.0 Å². The van der Waals surface area contributed by atoms with Crippen molar-refractivity contribution in [2.45, 2.75) is 0 Å². The first-order valence-corrected chi connectivity index (χ1v) is 7.32. The molecule has 0 atom stereocenters. The second-order valence-electron chi connectivity index (χ2n) is 4.94. The van der Waals surface area contributed by atoms with Crippen LogP contribution >= 0.6 is 11.6 Å². The van der Waals surface area contributed by atoms with E-state index in [-0.39, 0.29) is 18.4 Å². The van der Waals surface area contributed by atoms with Gasteiger partial charge in [0, 0.05) is 23.3 Å². The van der Waals surface area contributed by atoms with Gasteiger partial charge in [0.05, 0.1) is 13.7 Å². The number of halogens is 1. The predicted octanol–water partition coefficient (Wildman–Crippen LogP) is 3.06. The lowest BCUT2D eigenvalue weighted by atomic mass is 10.2. The lowest BCUT2D eigenvalue weighted by molar-refractivity contribution is -0.116. The van der Waals surface area contributed by atoms with Crippen molar-refractivity contribution in [2.24, 2.45) is 0 Å². The molecular weight excluding hydrogens is 316 g/mol. The van der Waals surface area contributed by atoms with Gasteiger partial charge >= 0.3 is 0 Å². The lowest BCUT2D eigenvalue weighted by Gasteiger charge is -2.17. The smallest absolute Gasteiger partial charge is 0.254 e. The molecule has 0 unspecified atom stereocenters. The summed E-state index contributed by atoms with van der Waals surface area (Å²) in [5, 5.41) is 3.31. The number of nitrogens with zero attached hydrogens (tertiary/aromatic N) is 1. The molecule has 0 heterocycles. The van der Waals surface area contributed by atoms with E-state index >= 15 is 0 Å². The summed E-state index contributed by atoms with van der Waals surface area (Å²) in [4.78, 5) is 25.6. The van der Waals surface area contributed by atoms with Crippen LogP contribution in [-0.4, -0.2) is 37.4 Å². The summed E-state index contributed by atoms with van der Waals surface area (Å²) in [6.45, 7) is -0.0481. The number of carbonyl (C=O) groups is 2. The second kappa shape index (κ2) is 7.65. The maximum Gasteiger partial charge on any atom is 0.254 e. The number of carbonyl (C=O) groups excluding carboxylic acids is 2. The molecule has 2 aromatic rings. The van der Waals surface area contributed by atoms with E-state index in [1.54, 1.807) is 62.7 Å². The van der Waals surface area contributed by atoms with Gasteiger partial charge in [-0.1, -0.05) is 11.6 Å². The van der Waals surface area contributed by atoms with E-state index in [4.69, 9.17) is 16.3 Å². The standard InChI is InChI=1S/C17H17ClN2O3/c1-20(17(22)12-3-9-15(23-2)10-4-12)11-16(21)19-14-7-5-13(18)6-8-14/h3-10H,11H2,1-2H3,(H,19,21). The number of likely N-dealkylation sites (N-methyl/N-ethyl adjacent to an activating group) is 1. The molecule has 1 N–H and O–H groups in total. The van der Waals surface area contributed by atoms with Crippen molar-refractivity contribution in [3.63, 3.8) is 0 Å². The average molecular weight is 333 g/mol. The summed E-state index contributed by atoms with van der Waals surface area (Å²) in [6.07, 6.45) is 0. The fourth-order valence-corrected chi connectivity index (χ4v) is 2.10. The first-order chi connectivity index (χ1) is 11.0. The van der Waals surface area contributed by atoms with Gasteiger partial charge in [0.1, 0.15) is 5.75 Å². The summed E-state index contributed by atoms with van der Waals surface area (Å²) in [7, 11) is 3.14. The zero-order chi connectivity index (χ0) is 16.8. The van der Waals surface area contributed by atoms with Gasteiger partial charge in [-0.2, -0.15) is 0 Å². The van der Waals surface area contributed by atoms with Crippen LogP contribution in [0.1, 0.15) is 10.4 Å². The van der Waals surface area contributed by atoms with E-state index in [9.17, 15) is 9.59 Å². The number of hydrogen-bond acceptors (Lipinski definition) is 3.